The van der Waals surface area contributed by atoms with E-state index in [9.17, 15) is 25.3 Å². The molecule has 3 rings (SSSR count). The van der Waals surface area contributed by atoms with E-state index in [2.05, 4.69) is 14.2 Å². The standard InChI is InChI=1S/C23H24Cl3N3O6S3/c1-3-4-12-36(30,31)28-22-15(2)10-11-19(23(22)29-37(32,33)17-8-6-5-7-9-17)27-38(34,35)20-14-16(24)13-18(25)21(20)26/h5-11,13-14,27-29H,3-4,12H2,1-2H3. The third-order valence-corrected chi connectivity index (χ3v) is 10.5. The van der Waals surface area contributed by atoms with Gasteiger partial charge in [0.05, 0.1) is 37.8 Å². The number of hydrogen-bond acceptors (Lipinski definition) is 6. The highest BCUT2D eigenvalue weighted by molar-refractivity contribution is 7.93. The zero-order chi connectivity index (χ0) is 28.3. The van der Waals surface area contributed by atoms with Crippen LogP contribution in [0, 0.1) is 6.92 Å². The minimum absolute atomic E-state index is 0.00180. The van der Waals surface area contributed by atoms with Gasteiger partial charge in [0.1, 0.15) is 4.90 Å². The summed E-state index contributed by atoms with van der Waals surface area (Å²) in [6.45, 7) is 3.37. The molecule has 0 aliphatic rings. The van der Waals surface area contributed by atoms with E-state index < -0.39 is 35.0 Å². The fraction of sp³-hybridized carbons (Fsp3) is 0.217. The monoisotopic (exact) mass is 639 g/mol. The second kappa shape index (κ2) is 11.9. The summed E-state index contributed by atoms with van der Waals surface area (Å²) in [5.41, 5.74) is -0.407. The van der Waals surface area contributed by atoms with Crippen LogP contribution in [0.5, 0.6) is 0 Å². The number of unbranched alkanes of at least 4 members (excludes halogenated alkanes) is 1. The van der Waals surface area contributed by atoms with Crippen LogP contribution in [0.1, 0.15) is 25.3 Å². The van der Waals surface area contributed by atoms with Crippen LogP contribution in [0.2, 0.25) is 15.1 Å². The van der Waals surface area contributed by atoms with E-state index in [0.717, 1.165) is 6.07 Å². The van der Waals surface area contributed by atoms with Crippen molar-refractivity contribution in [2.75, 3.05) is 19.9 Å². The summed E-state index contributed by atoms with van der Waals surface area (Å²) in [5.74, 6) is -0.222. The van der Waals surface area contributed by atoms with Gasteiger partial charge in [0.15, 0.2) is 0 Å². The number of sulfonamides is 3. The second-order valence-electron chi connectivity index (χ2n) is 8.18. The molecule has 0 saturated heterocycles. The summed E-state index contributed by atoms with van der Waals surface area (Å²) < 4.78 is 85.6. The first kappa shape index (κ1) is 30.3. The molecule has 0 saturated carbocycles. The Hall–Kier alpha value is -2.22. The molecule has 38 heavy (non-hydrogen) atoms. The fourth-order valence-corrected chi connectivity index (χ4v) is 7.98. The van der Waals surface area contributed by atoms with Crippen molar-refractivity contribution in [3.05, 3.63) is 75.2 Å². The van der Waals surface area contributed by atoms with Gasteiger partial charge in [0.2, 0.25) is 10.0 Å². The van der Waals surface area contributed by atoms with Gasteiger partial charge in [-0.25, -0.2) is 25.3 Å². The Morgan fingerprint density at radius 1 is 0.763 bits per heavy atom. The number of rotatable bonds is 11. The quantitative estimate of drug-likeness (QED) is 0.217. The number of aryl methyl sites for hydroxylation is 1. The van der Waals surface area contributed by atoms with Gasteiger partial charge in [-0.3, -0.25) is 14.2 Å². The number of hydrogen-bond donors (Lipinski definition) is 3. The molecular formula is C23H24Cl3N3O6S3. The number of nitrogens with one attached hydrogen (secondary N) is 3. The van der Waals surface area contributed by atoms with E-state index in [1.165, 1.54) is 42.5 Å². The van der Waals surface area contributed by atoms with Crippen molar-refractivity contribution in [2.45, 2.75) is 36.5 Å². The fourth-order valence-electron chi connectivity index (χ4n) is 3.29. The second-order valence-corrected chi connectivity index (χ2v) is 14.6. The zero-order valence-corrected chi connectivity index (χ0v) is 24.8. The predicted octanol–water partition coefficient (Wildman–Crippen LogP) is 6.10. The predicted molar refractivity (Wildman–Crippen MR) is 153 cm³/mol. The van der Waals surface area contributed by atoms with Crippen LogP contribution in [-0.2, 0) is 30.1 Å². The highest BCUT2D eigenvalue weighted by atomic mass is 35.5. The summed E-state index contributed by atoms with van der Waals surface area (Å²) in [4.78, 5) is -0.584. The van der Waals surface area contributed by atoms with Gasteiger partial charge in [-0.1, -0.05) is 72.4 Å². The Balaban J connectivity index is 2.20. The zero-order valence-electron chi connectivity index (χ0n) is 20.1. The van der Waals surface area contributed by atoms with Crippen molar-refractivity contribution in [3.8, 4) is 0 Å². The molecule has 0 spiro atoms. The van der Waals surface area contributed by atoms with Crippen LogP contribution in [0.25, 0.3) is 0 Å². The first-order chi connectivity index (χ1) is 17.7. The molecule has 0 bridgehead atoms. The van der Waals surface area contributed by atoms with Crippen LogP contribution in [0.15, 0.2) is 64.4 Å². The summed E-state index contributed by atoms with van der Waals surface area (Å²) in [7, 11) is -12.7. The van der Waals surface area contributed by atoms with Gasteiger partial charge < -0.3 is 0 Å². The molecule has 0 amide bonds. The van der Waals surface area contributed by atoms with Gasteiger partial charge >= 0.3 is 0 Å². The Bertz CT molecular complexity index is 1670. The molecule has 0 radical (unpaired) electrons. The highest BCUT2D eigenvalue weighted by Gasteiger charge is 2.27. The van der Waals surface area contributed by atoms with Crippen molar-refractivity contribution in [1.29, 1.82) is 0 Å². The smallest absolute Gasteiger partial charge is 0.263 e. The van der Waals surface area contributed by atoms with E-state index in [4.69, 9.17) is 34.8 Å². The number of halogens is 3. The normalized spacial score (nSPS) is 12.2. The van der Waals surface area contributed by atoms with Crippen molar-refractivity contribution in [3.63, 3.8) is 0 Å². The molecule has 3 aromatic rings. The Morgan fingerprint density at radius 3 is 2.05 bits per heavy atom. The van der Waals surface area contributed by atoms with E-state index in [0.29, 0.717) is 18.4 Å². The van der Waals surface area contributed by atoms with E-state index >= 15 is 0 Å². The lowest BCUT2D eigenvalue weighted by Crippen LogP contribution is -2.22. The lowest BCUT2D eigenvalue weighted by atomic mass is 10.1. The number of anilines is 3. The van der Waals surface area contributed by atoms with Gasteiger partial charge in [-0.2, -0.15) is 0 Å². The molecule has 0 aliphatic heterocycles. The summed E-state index contributed by atoms with van der Waals surface area (Å²) in [5, 5.41) is -0.418. The Morgan fingerprint density at radius 2 is 1.42 bits per heavy atom. The molecular weight excluding hydrogens is 617 g/mol. The largest absolute Gasteiger partial charge is 0.281 e. The summed E-state index contributed by atoms with van der Waals surface area (Å²) in [6.07, 6.45) is 0.968. The first-order valence-electron chi connectivity index (χ1n) is 11.1. The van der Waals surface area contributed by atoms with Gasteiger partial charge in [0, 0.05) is 5.02 Å². The van der Waals surface area contributed by atoms with Crippen LogP contribution in [0.4, 0.5) is 17.1 Å². The van der Waals surface area contributed by atoms with E-state index in [-0.39, 0.29) is 42.8 Å². The molecule has 15 heteroatoms. The van der Waals surface area contributed by atoms with Crippen LogP contribution in [-0.4, -0.2) is 31.0 Å². The lowest BCUT2D eigenvalue weighted by molar-refractivity contribution is 0.596. The van der Waals surface area contributed by atoms with Gasteiger partial charge in [0.25, 0.3) is 20.0 Å². The minimum Gasteiger partial charge on any atom is -0.281 e. The summed E-state index contributed by atoms with van der Waals surface area (Å²) >= 11 is 18.1. The average Bonchev–Trinajstić information content (AvgIpc) is 2.84. The molecule has 0 fully saturated rings. The lowest BCUT2D eigenvalue weighted by Gasteiger charge is -2.21. The molecule has 3 N–H and O–H groups in total. The molecule has 0 aromatic heterocycles. The number of benzene rings is 3. The molecule has 0 aliphatic carbocycles. The molecule has 3 aromatic carbocycles. The molecule has 0 unspecified atom stereocenters. The van der Waals surface area contributed by atoms with Gasteiger partial charge in [-0.15, -0.1) is 0 Å². The van der Waals surface area contributed by atoms with E-state index in [1.54, 1.807) is 13.0 Å². The SMILES string of the molecule is CCCCS(=O)(=O)Nc1c(C)ccc(NS(=O)(=O)c2cc(Cl)cc(Cl)c2Cl)c1NS(=O)(=O)c1ccccc1. The Labute approximate surface area is 237 Å². The molecule has 0 heterocycles. The average molecular weight is 641 g/mol. The van der Waals surface area contributed by atoms with Crippen molar-refractivity contribution < 1.29 is 25.3 Å². The first-order valence-corrected chi connectivity index (χ1v) is 16.8. The van der Waals surface area contributed by atoms with Crippen LogP contribution in [0.3, 0.4) is 0 Å². The van der Waals surface area contributed by atoms with Crippen LogP contribution >= 0.6 is 34.8 Å². The van der Waals surface area contributed by atoms with Crippen molar-refractivity contribution in [1.82, 2.24) is 0 Å². The van der Waals surface area contributed by atoms with Crippen molar-refractivity contribution >= 4 is 81.9 Å². The minimum atomic E-state index is -4.48. The Kier molecular flexibility index (Phi) is 9.49. The molecule has 0 atom stereocenters. The highest BCUT2D eigenvalue weighted by Crippen LogP contribution is 2.39. The third kappa shape index (κ3) is 7.25. The van der Waals surface area contributed by atoms with Crippen LogP contribution < -0.4 is 14.2 Å². The van der Waals surface area contributed by atoms with Crippen molar-refractivity contribution in [2.24, 2.45) is 0 Å². The summed E-state index contributed by atoms with van der Waals surface area (Å²) in [6, 6.07) is 12.4. The van der Waals surface area contributed by atoms with Gasteiger partial charge in [-0.05, 0) is 49.2 Å². The third-order valence-electron chi connectivity index (χ3n) is 5.22. The molecule has 206 valence electrons. The topological polar surface area (TPSA) is 139 Å². The molecule has 9 nitrogen and oxygen atoms in total. The maximum Gasteiger partial charge on any atom is 0.263 e. The van der Waals surface area contributed by atoms with E-state index in [1.807, 2.05) is 6.92 Å². The maximum absolute atomic E-state index is 13.3. The maximum atomic E-state index is 13.3.